The molecule has 2 unspecified atom stereocenters. The molecule has 0 aliphatic heterocycles. The lowest BCUT2D eigenvalue weighted by molar-refractivity contribution is -0.890. The molecular weight excluding hydrogens is 971 g/mol. The number of ether oxygens (including phenoxy) is 5. The minimum absolute atomic E-state index is 0.265. The first-order valence-corrected chi connectivity index (χ1v) is 27.5. The third kappa shape index (κ3) is 22.3. The fourth-order valence-corrected chi connectivity index (χ4v) is 9.35. The lowest BCUT2D eigenvalue weighted by Crippen LogP contribution is -2.43. The van der Waals surface area contributed by atoms with Crippen LogP contribution in [0.25, 0.3) is 4.85 Å². The zero-order valence-electron chi connectivity index (χ0n) is 41.8. The van der Waals surface area contributed by atoms with Crippen LogP contribution < -0.4 is 4.90 Å². The van der Waals surface area contributed by atoms with Crippen molar-refractivity contribution in [3.63, 3.8) is 0 Å². The minimum atomic E-state index is -4.01. The molecule has 1 heterocycles. The number of likely N-dealkylation sites (N-methyl/N-ethyl adjacent to an activating group) is 2. The van der Waals surface area contributed by atoms with Gasteiger partial charge in [0.1, 0.15) is 36.4 Å². The molecule has 0 fully saturated rings. The number of nitriles is 1. The van der Waals surface area contributed by atoms with Crippen molar-refractivity contribution < 1.29 is 58.6 Å². The standard InChI is InChI=1S/C50H69N7O11S3/c1-40-36-44(20-21-45(40)53-54-50-49(52-3)41(2)48(37-51)69-50)55(38-46(42-16-10-8-11-17-42)67-32-30-65-27-25-57(6,7)23-15-35-71(61,62)63)39-47(43-18-12-9-13-19-43)68-33-31-66-29-28-64-26-24-56(4,5)22-14-34-70(58,59)60/h8-13,16-21,36,46-47H,14-15,22-35,38-39H2,1-2,4-7H3/p+2/b54-53+. The Morgan fingerprint density at radius 1 is 0.690 bits per heavy atom. The molecule has 71 heavy (non-hydrogen) atoms. The molecule has 18 nitrogen and oxygen atoms in total. The van der Waals surface area contributed by atoms with Gasteiger partial charge in [-0.25, -0.2) is 4.85 Å². The summed E-state index contributed by atoms with van der Waals surface area (Å²) in [4.78, 5) is 6.27. The van der Waals surface area contributed by atoms with Crippen LogP contribution in [0.4, 0.5) is 22.1 Å². The molecule has 0 aliphatic carbocycles. The number of aryl methyl sites for hydroxylation is 1. The monoisotopic (exact) mass is 1040 g/mol. The summed E-state index contributed by atoms with van der Waals surface area (Å²) in [5.41, 5.74) is 5.20. The average Bonchev–Trinajstić information content (AvgIpc) is 3.63. The zero-order valence-corrected chi connectivity index (χ0v) is 44.3. The van der Waals surface area contributed by atoms with Gasteiger partial charge in [-0.2, -0.15) is 32.3 Å². The normalized spacial score (nSPS) is 13.3. The van der Waals surface area contributed by atoms with Gasteiger partial charge in [-0.15, -0.1) is 11.3 Å². The Labute approximate surface area is 424 Å². The number of thiophene rings is 1. The summed E-state index contributed by atoms with van der Waals surface area (Å²) >= 11 is 1.14. The minimum Gasteiger partial charge on any atom is -0.377 e. The Hall–Kier alpha value is -4.72. The number of nitrogens with zero attached hydrogens (tertiary/aromatic N) is 7. The van der Waals surface area contributed by atoms with E-state index in [-0.39, 0.29) is 11.5 Å². The van der Waals surface area contributed by atoms with Crippen molar-refractivity contribution in [1.29, 1.82) is 5.26 Å². The first-order valence-electron chi connectivity index (χ1n) is 23.5. The van der Waals surface area contributed by atoms with Gasteiger partial charge >= 0.3 is 0 Å². The number of azo groups is 1. The fraction of sp³-hybridized carbons (Fsp3) is 0.520. The zero-order chi connectivity index (χ0) is 51.9. The quantitative estimate of drug-likeness (QED) is 0.0149. The van der Waals surface area contributed by atoms with E-state index in [2.05, 4.69) is 26.0 Å². The van der Waals surface area contributed by atoms with Crippen LogP contribution in [0.1, 0.15) is 52.2 Å². The van der Waals surface area contributed by atoms with Crippen LogP contribution in [0.5, 0.6) is 0 Å². The Morgan fingerprint density at radius 3 is 1.59 bits per heavy atom. The number of hydrogen-bond donors (Lipinski definition) is 2. The number of quaternary nitrogens is 2. The van der Waals surface area contributed by atoms with Crippen LogP contribution in [-0.2, 0) is 43.9 Å². The van der Waals surface area contributed by atoms with Crippen LogP contribution in [0.2, 0.25) is 0 Å². The molecule has 4 rings (SSSR count). The highest BCUT2D eigenvalue weighted by atomic mass is 32.2. The number of hydrogen-bond acceptors (Lipinski definition) is 14. The van der Waals surface area contributed by atoms with Crippen LogP contribution in [0.15, 0.2) is 89.1 Å². The molecule has 0 radical (unpaired) electrons. The molecule has 0 amide bonds. The van der Waals surface area contributed by atoms with E-state index in [4.69, 9.17) is 39.4 Å². The summed E-state index contributed by atoms with van der Waals surface area (Å²) < 4.78 is 94.9. The van der Waals surface area contributed by atoms with E-state index in [0.717, 1.165) is 33.7 Å². The van der Waals surface area contributed by atoms with Crippen LogP contribution in [-0.4, -0.2) is 167 Å². The number of rotatable bonds is 34. The molecule has 0 aliphatic rings. The summed E-state index contributed by atoms with van der Waals surface area (Å²) in [7, 11) is -0.0346. The van der Waals surface area contributed by atoms with Crippen LogP contribution >= 0.6 is 11.3 Å². The van der Waals surface area contributed by atoms with E-state index in [1.54, 1.807) is 6.92 Å². The lowest BCUT2D eigenvalue weighted by Gasteiger charge is -2.33. The van der Waals surface area contributed by atoms with Gasteiger partial charge in [0.2, 0.25) is 5.69 Å². The van der Waals surface area contributed by atoms with Gasteiger partial charge in [0.25, 0.3) is 20.2 Å². The molecular formula is C50H71N7O11S3+2. The summed E-state index contributed by atoms with van der Waals surface area (Å²) in [6, 6.07) is 28.0. The first kappa shape index (κ1) is 58.8. The predicted molar refractivity (Wildman–Crippen MR) is 276 cm³/mol. The Balaban J connectivity index is 1.49. The topological polar surface area (TPSA) is 211 Å². The summed E-state index contributed by atoms with van der Waals surface area (Å²) in [6.07, 6.45) is -0.0848. The maximum Gasteiger partial charge on any atom is 0.265 e. The van der Waals surface area contributed by atoms with Gasteiger partial charge < -0.3 is 37.6 Å². The van der Waals surface area contributed by atoms with Crippen molar-refractivity contribution >= 4 is 53.6 Å². The maximum absolute atomic E-state index is 11.2. The van der Waals surface area contributed by atoms with E-state index in [1.807, 2.05) is 114 Å². The molecule has 2 N–H and O–H groups in total. The molecule has 388 valence electrons. The van der Waals surface area contributed by atoms with Gasteiger partial charge in [0.05, 0.1) is 123 Å². The van der Waals surface area contributed by atoms with E-state index < -0.39 is 32.4 Å². The largest absolute Gasteiger partial charge is 0.377 e. The van der Waals surface area contributed by atoms with Crippen molar-refractivity contribution in [1.82, 2.24) is 0 Å². The average molecular weight is 1040 g/mol. The summed E-state index contributed by atoms with van der Waals surface area (Å²) in [6.45, 7) is 17.6. The lowest BCUT2D eigenvalue weighted by atomic mass is 10.1. The second-order valence-corrected chi connectivity index (χ2v) is 22.6. The van der Waals surface area contributed by atoms with Gasteiger partial charge in [-0.1, -0.05) is 60.7 Å². The van der Waals surface area contributed by atoms with E-state index >= 15 is 0 Å². The van der Waals surface area contributed by atoms with Crippen molar-refractivity contribution in [2.45, 2.75) is 38.9 Å². The number of anilines is 1. The summed E-state index contributed by atoms with van der Waals surface area (Å²) in [5, 5.41) is 18.9. The molecule has 1 aromatic heterocycles. The van der Waals surface area contributed by atoms with Gasteiger partial charge in [-0.3, -0.25) is 9.11 Å². The molecule has 21 heteroatoms. The number of benzene rings is 3. The molecule has 0 saturated carbocycles. The van der Waals surface area contributed by atoms with E-state index in [1.165, 1.54) is 0 Å². The highest BCUT2D eigenvalue weighted by Gasteiger charge is 2.24. The maximum atomic E-state index is 11.2. The van der Waals surface area contributed by atoms with Gasteiger partial charge in [0.15, 0.2) is 0 Å². The molecule has 0 spiro atoms. The van der Waals surface area contributed by atoms with Crippen LogP contribution in [0.3, 0.4) is 0 Å². The van der Waals surface area contributed by atoms with Crippen molar-refractivity contribution in [2.75, 3.05) is 137 Å². The van der Waals surface area contributed by atoms with E-state index in [0.29, 0.717) is 141 Å². The Morgan fingerprint density at radius 2 is 1.15 bits per heavy atom. The second-order valence-electron chi connectivity index (χ2n) is 18.4. The highest BCUT2D eigenvalue weighted by molar-refractivity contribution is 7.86. The molecule has 0 bridgehead atoms. The smallest absolute Gasteiger partial charge is 0.265 e. The van der Waals surface area contributed by atoms with Crippen LogP contribution in [0, 0.1) is 31.8 Å². The third-order valence-corrected chi connectivity index (χ3v) is 14.4. The summed E-state index contributed by atoms with van der Waals surface area (Å²) in [5.74, 6) is -0.543. The van der Waals surface area contributed by atoms with Gasteiger partial charge in [0, 0.05) is 31.6 Å². The SMILES string of the molecule is [C-]#[N+]c1c(/N=N/c2ccc(N(CC(OCCOCCOCC[N+](C)(C)CCCS(=O)(=O)O)c3ccccc3)CC(OCCOCC[N+](C)(C)CCCS(=O)(=O)O)c3ccccc3)cc2C)sc(C#N)c1C. The highest BCUT2D eigenvalue weighted by Crippen LogP contribution is 2.43. The van der Waals surface area contributed by atoms with Gasteiger partial charge in [-0.05, 0) is 54.3 Å². The Bertz CT molecular complexity index is 2580. The molecule has 3 aromatic carbocycles. The van der Waals surface area contributed by atoms with Crippen molar-refractivity contribution in [2.24, 2.45) is 10.2 Å². The first-order chi connectivity index (χ1) is 33.7. The molecule has 4 aromatic rings. The van der Waals surface area contributed by atoms with E-state index in [9.17, 15) is 22.1 Å². The molecule has 0 saturated heterocycles. The Kier molecular flexibility index (Phi) is 24.1. The van der Waals surface area contributed by atoms with Crippen molar-refractivity contribution in [3.05, 3.63) is 117 Å². The molecule has 2 atom stereocenters. The predicted octanol–water partition coefficient (Wildman–Crippen LogP) is 8.28. The second kappa shape index (κ2) is 29.1. The third-order valence-electron chi connectivity index (χ3n) is 11.7. The van der Waals surface area contributed by atoms with Crippen molar-refractivity contribution in [3.8, 4) is 6.07 Å². The fourth-order valence-electron chi connectivity index (χ4n) is 7.49.